The molecule has 0 saturated heterocycles. The topological polar surface area (TPSA) is 85.3 Å². The summed E-state index contributed by atoms with van der Waals surface area (Å²) in [6.45, 7) is 4.19. The first-order valence-corrected chi connectivity index (χ1v) is 6.11. The van der Waals surface area contributed by atoms with Crippen molar-refractivity contribution in [1.82, 2.24) is 9.78 Å². The molecule has 6 heteroatoms. The lowest BCUT2D eigenvalue weighted by Gasteiger charge is -1.99. The molecule has 0 atom stereocenters. The predicted octanol–water partition coefficient (Wildman–Crippen LogP) is 1.77. The van der Waals surface area contributed by atoms with E-state index >= 15 is 0 Å². The number of carbonyl (C=O) groups is 1. The standard InChI is InChI=1S/C14H14N2O4/c1-3-16-7-6-10(15-16)4-5-11(17)13-12(18)8-9(2)20-14(13)19/h4-8,18H,3H2,1-2H3/b5-4+. The third kappa shape index (κ3) is 2.85. The Hall–Kier alpha value is -2.63. The maximum atomic E-state index is 11.9. The molecule has 1 N–H and O–H groups in total. The Kier molecular flexibility index (Phi) is 3.84. The summed E-state index contributed by atoms with van der Waals surface area (Å²) in [4.78, 5) is 23.5. The molecule has 2 aromatic rings. The largest absolute Gasteiger partial charge is 0.507 e. The average Bonchev–Trinajstić information content (AvgIpc) is 2.83. The van der Waals surface area contributed by atoms with Crippen molar-refractivity contribution in [3.8, 4) is 5.75 Å². The lowest BCUT2D eigenvalue weighted by molar-refractivity contribution is 0.104. The molecule has 0 fully saturated rings. The van der Waals surface area contributed by atoms with Crippen molar-refractivity contribution in [2.24, 2.45) is 0 Å². The molecule has 104 valence electrons. The Labute approximate surface area is 115 Å². The van der Waals surface area contributed by atoms with Crippen LogP contribution in [0.5, 0.6) is 5.75 Å². The van der Waals surface area contributed by atoms with E-state index in [2.05, 4.69) is 5.10 Å². The molecule has 0 amide bonds. The molecule has 2 heterocycles. The second kappa shape index (κ2) is 5.56. The van der Waals surface area contributed by atoms with Gasteiger partial charge in [0.05, 0.1) is 5.69 Å². The third-order valence-electron chi connectivity index (χ3n) is 2.69. The number of nitrogens with zero attached hydrogens (tertiary/aromatic N) is 2. The van der Waals surface area contributed by atoms with Crippen LogP contribution in [0.3, 0.4) is 0 Å². The number of aryl methyl sites for hydroxylation is 2. The second-order valence-electron chi connectivity index (χ2n) is 4.20. The summed E-state index contributed by atoms with van der Waals surface area (Å²) >= 11 is 0. The number of hydrogen-bond acceptors (Lipinski definition) is 5. The van der Waals surface area contributed by atoms with Gasteiger partial charge in [-0.2, -0.15) is 5.10 Å². The van der Waals surface area contributed by atoms with Crippen LogP contribution in [0.15, 0.2) is 33.6 Å². The summed E-state index contributed by atoms with van der Waals surface area (Å²) < 4.78 is 6.50. The zero-order chi connectivity index (χ0) is 14.7. The summed E-state index contributed by atoms with van der Waals surface area (Å²) in [5.41, 5.74) is -0.630. The fraction of sp³-hybridized carbons (Fsp3) is 0.214. The highest BCUT2D eigenvalue weighted by molar-refractivity contribution is 6.08. The van der Waals surface area contributed by atoms with Crippen LogP contribution in [0, 0.1) is 6.92 Å². The highest BCUT2D eigenvalue weighted by Crippen LogP contribution is 2.15. The minimum absolute atomic E-state index is 0.245. The van der Waals surface area contributed by atoms with Crippen LogP contribution in [0.1, 0.15) is 28.7 Å². The zero-order valence-electron chi connectivity index (χ0n) is 11.2. The average molecular weight is 274 g/mol. The van der Waals surface area contributed by atoms with Crippen molar-refractivity contribution in [2.75, 3.05) is 0 Å². The van der Waals surface area contributed by atoms with Crippen LogP contribution < -0.4 is 5.63 Å². The Balaban J connectivity index is 2.26. The van der Waals surface area contributed by atoms with Crippen molar-refractivity contribution in [1.29, 1.82) is 0 Å². The van der Waals surface area contributed by atoms with E-state index in [0.717, 1.165) is 6.54 Å². The molecule has 0 aliphatic carbocycles. The molecule has 0 radical (unpaired) electrons. The van der Waals surface area contributed by atoms with Crippen LogP contribution in [0.4, 0.5) is 0 Å². The summed E-state index contributed by atoms with van der Waals surface area (Å²) in [5.74, 6) is -0.760. The van der Waals surface area contributed by atoms with Gasteiger partial charge in [-0.15, -0.1) is 0 Å². The van der Waals surface area contributed by atoms with E-state index < -0.39 is 11.4 Å². The van der Waals surface area contributed by atoms with Crippen molar-refractivity contribution in [3.63, 3.8) is 0 Å². The number of aromatic nitrogens is 2. The predicted molar refractivity (Wildman–Crippen MR) is 72.6 cm³/mol. The summed E-state index contributed by atoms with van der Waals surface area (Å²) in [5, 5.41) is 13.8. The van der Waals surface area contributed by atoms with E-state index in [-0.39, 0.29) is 17.1 Å². The van der Waals surface area contributed by atoms with Gasteiger partial charge < -0.3 is 9.52 Å². The molecule has 6 nitrogen and oxygen atoms in total. The van der Waals surface area contributed by atoms with Gasteiger partial charge in [0.15, 0.2) is 5.78 Å². The van der Waals surface area contributed by atoms with Gasteiger partial charge >= 0.3 is 5.63 Å². The maximum Gasteiger partial charge on any atom is 0.351 e. The molecule has 0 aliphatic rings. The van der Waals surface area contributed by atoms with E-state index in [9.17, 15) is 14.7 Å². The Morgan fingerprint density at radius 2 is 2.30 bits per heavy atom. The Morgan fingerprint density at radius 3 is 2.90 bits per heavy atom. The molecular formula is C14H14N2O4. The molecule has 0 spiro atoms. The van der Waals surface area contributed by atoms with Crippen LogP contribution in [-0.4, -0.2) is 20.7 Å². The second-order valence-corrected chi connectivity index (χ2v) is 4.20. The van der Waals surface area contributed by atoms with E-state index in [4.69, 9.17) is 4.42 Å². The third-order valence-corrected chi connectivity index (χ3v) is 2.69. The maximum absolute atomic E-state index is 11.9. The van der Waals surface area contributed by atoms with E-state index in [0.29, 0.717) is 5.69 Å². The quantitative estimate of drug-likeness (QED) is 0.678. The number of allylic oxidation sites excluding steroid dienone is 1. The summed E-state index contributed by atoms with van der Waals surface area (Å²) in [7, 11) is 0. The van der Waals surface area contributed by atoms with Crippen LogP contribution in [-0.2, 0) is 6.54 Å². The minimum Gasteiger partial charge on any atom is -0.507 e. The van der Waals surface area contributed by atoms with Crippen LogP contribution in [0.2, 0.25) is 0 Å². The molecular weight excluding hydrogens is 260 g/mol. The van der Waals surface area contributed by atoms with Gasteiger partial charge in [-0.25, -0.2) is 4.79 Å². The first-order chi connectivity index (χ1) is 9.51. The lowest BCUT2D eigenvalue weighted by Crippen LogP contribution is -2.12. The van der Waals surface area contributed by atoms with E-state index in [1.54, 1.807) is 16.9 Å². The molecule has 0 aromatic carbocycles. The molecule has 20 heavy (non-hydrogen) atoms. The fourth-order valence-electron chi connectivity index (χ4n) is 1.71. The van der Waals surface area contributed by atoms with Crippen molar-refractivity contribution in [3.05, 3.63) is 51.8 Å². The van der Waals surface area contributed by atoms with Crippen LogP contribution >= 0.6 is 0 Å². The minimum atomic E-state index is -0.851. The first-order valence-electron chi connectivity index (χ1n) is 6.11. The summed E-state index contributed by atoms with van der Waals surface area (Å²) in [6.07, 6.45) is 4.44. The smallest absolute Gasteiger partial charge is 0.351 e. The van der Waals surface area contributed by atoms with Crippen LogP contribution in [0.25, 0.3) is 6.08 Å². The molecule has 2 rings (SSSR count). The number of hydrogen-bond donors (Lipinski definition) is 1. The number of ketones is 1. The van der Waals surface area contributed by atoms with Gasteiger partial charge in [0.2, 0.25) is 0 Å². The highest BCUT2D eigenvalue weighted by Gasteiger charge is 2.15. The number of carbonyl (C=O) groups excluding carboxylic acids is 1. The van der Waals surface area contributed by atoms with Gasteiger partial charge in [-0.1, -0.05) is 0 Å². The zero-order valence-corrected chi connectivity index (χ0v) is 11.2. The van der Waals surface area contributed by atoms with Gasteiger partial charge in [-0.05, 0) is 32.1 Å². The molecule has 0 bridgehead atoms. The number of rotatable bonds is 4. The monoisotopic (exact) mass is 274 g/mol. The Morgan fingerprint density at radius 1 is 1.55 bits per heavy atom. The molecule has 0 unspecified atom stereocenters. The van der Waals surface area contributed by atoms with Gasteiger partial charge in [0.25, 0.3) is 0 Å². The highest BCUT2D eigenvalue weighted by atomic mass is 16.4. The first kappa shape index (κ1) is 13.8. The Bertz CT molecular complexity index is 725. The molecule has 0 saturated carbocycles. The van der Waals surface area contributed by atoms with Gasteiger partial charge in [-0.3, -0.25) is 9.48 Å². The van der Waals surface area contributed by atoms with Gasteiger partial charge in [0, 0.05) is 18.8 Å². The molecule has 2 aromatic heterocycles. The van der Waals surface area contributed by atoms with Gasteiger partial charge in [0.1, 0.15) is 17.1 Å². The van der Waals surface area contributed by atoms with Crippen molar-refractivity contribution in [2.45, 2.75) is 20.4 Å². The SMILES string of the molecule is CCn1ccc(/C=C/C(=O)c2c(O)cc(C)oc2=O)n1. The fourth-order valence-corrected chi connectivity index (χ4v) is 1.71. The molecule has 0 aliphatic heterocycles. The normalized spacial score (nSPS) is 11.1. The number of aromatic hydroxyl groups is 1. The summed E-state index contributed by atoms with van der Waals surface area (Å²) in [6, 6.07) is 2.97. The van der Waals surface area contributed by atoms with E-state index in [1.165, 1.54) is 25.1 Å². The van der Waals surface area contributed by atoms with E-state index in [1.807, 2.05) is 6.92 Å². The van der Waals surface area contributed by atoms with Crippen molar-refractivity contribution < 1.29 is 14.3 Å². The lowest BCUT2D eigenvalue weighted by atomic mass is 10.1. The van der Waals surface area contributed by atoms with Crippen molar-refractivity contribution >= 4 is 11.9 Å².